The first-order chi connectivity index (χ1) is 11.0. The normalized spacial score (nSPS) is 12.3. The second-order valence-corrected chi connectivity index (χ2v) is 7.00. The van der Waals surface area contributed by atoms with Crippen LogP contribution in [0.15, 0.2) is 36.4 Å². The Kier molecular flexibility index (Phi) is 4.18. The van der Waals surface area contributed by atoms with Gasteiger partial charge in [-0.25, -0.2) is 4.98 Å². The summed E-state index contributed by atoms with van der Waals surface area (Å²) in [7, 11) is 0. The summed E-state index contributed by atoms with van der Waals surface area (Å²) in [5, 5.41) is 4.04. The molecule has 0 saturated heterocycles. The Hall–Kier alpha value is -2.20. The zero-order valence-corrected chi connectivity index (χ0v) is 14.6. The summed E-state index contributed by atoms with van der Waals surface area (Å²) in [4.78, 5) is 17.2. The molecule has 3 nitrogen and oxygen atoms in total. The molecular weight excluding hydrogens is 304 g/mol. The number of anilines is 1. The fraction of sp³-hybridized carbons (Fsp3) is 0.263. The molecule has 2 aromatic carbocycles. The zero-order chi connectivity index (χ0) is 16.6. The van der Waals surface area contributed by atoms with Gasteiger partial charge >= 0.3 is 0 Å². The molecule has 3 aromatic rings. The smallest absolute Gasteiger partial charge is 0.184 e. The molecule has 0 fully saturated rings. The number of hydrogen-bond acceptors (Lipinski definition) is 4. The van der Waals surface area contributed by atoms with Gasteiger partial charge in [-0.2, -0.15) is 0 Å². The molecule has 0 aliphatic heterocycles. The van der Waals surface area contributed by atoms with Gasteiger partial charge in [0, 0.05) is 5.56 Å². The Balaban J connectivity index is 1.82. The number of carbonyl (C=O) groups is 1. The van der Waals surface area contributed by atoms with E-state index in [0.717, 1.165) is 26.5 Å². The minimum absolute atomic E-state index is 0.0807. The largest absolute Gasteiger partial charge is 0.352 e. The van der Waals surface area contributed by atoms with E-state index in [9.17, 15) is 4.79 Å². The molecule has 1 unspecified atom stereocenters. The molecule has 0 saturated carbocycles. The van der Waals surface area contributed by atoms with Crippen molar-refractivity contribution >= 4 is 32.5 Å². The Bertz CT molecular complexity index is 865. The van der Waals surface area contributed by atoms with E-state index in [4.69, 9.17) is 0 Å². The van der Waals surface area contributed by atoms with Crippen LogP contribution in [-0.2, 0) is 0 Å². The average Bonchev–Trinajstić information content (AvgIpc) is 2.94. The molecule has 4 heteroatoms. The van der Waals surface area contributed by atoms with Gasteiger partial charge < -0.3 is 5.32 Å². The summed E-state index contributed by atoms with van der Waals surface area (Å²) in [5.74, 6) is 0.0807. The standard InChI is InChI=1S/C19H20N2OS/c1-11-5-8-15(9-6-11)18(22)14(4)20-19-21-17-13(3)12(2)7-10-16(17)23-19/h5-10,14H,1-4H3,(H,20,21). The second kappa shape index (κ2) is 6.13. The van der Waals surface area contributed by atoms with Gasteiger partial charge in [-0.3, -0.25) is 4.79 Å². The van der Waals surface area contributed by atoms with Crippen LogP contribution in [0.1, 0.15) is 34.0 Å². The van der Waals surface area contributed by atoms with Crippen LogP contribution in [0.3, 0.4) is 0 Å². The zero-order valence-electron chi connectivity index (χ0n) is 13.8. The first-order valence-corrected chi connectivity index (χ1v) is 8.51. The minimum atomic E-state index is -0.306. The van der Waals surface area contributed by atoms with Crippen molar-refractivity contribution in [1.29, 1.82) is 0 Å². The van der Waals surface area contributed by atoms with Gasteiger partial charge in [0.1, 0.15) is 0 Å². The van der Waals surface area contributed by atoms with E-state index in [2.05, 4.69) is 36.3 Å². The van der Waals surface area contributed by atoms with Gasteiger partial charge in [0.05, 0.1) is 16.3 Å². The Labute approximate surface area is 140 Å². The van der Waals surface area contributed by atoms with E-state index in [1.807, 2.05) is 38.1 Å². The number of aromatic nitrogens is 1. The Morgan fingerprint density at radius 3 is 2.48 bits per heavy atom. The highest BCUT2D eigenvalue weighted by atomic mass is 32.1. The molecule has 0 aliphatic rings. The molecule has 1 aromatic heterocycles. The third-order valence-corrected chi connectivity index (χ3v) is 5.11. The number of rotatable bonds is 4. The van der Waals surface area contributed by atoms with Crippen molar-refractivity contribution in [3.8, 4) is 0 Å². The average molecular weight is 324 g/mol. The number of hydrogen-bond donors (Lipinski definition) is 1. The number of ketones is 1. The lowest BCUT2D eigenvalue weighted by molar-refractivity contribution is 0.0975. The molecule has 3 rings (SSSR count). The predicted octanol–water partition coefficient (Wildman–Crippen LogP) is 4.90. The first-order valence-electron chi connectivity index (χ1n) is 7.70. The number of aryl methyl sites for hydroxylation is 3. The predicted molar refractivity (Wildman–Crippen MR) is 97.7 cm³/mol. The van der Waals surface area contributed by atoms with Crippen molar-refractivity contribution < 1.29 is 4.79 Å². The number of nitrogens with one attached hydrogen (secondary N) is 1. The molecule has 1 atom stereocenters. The highest BCUT2D eigenvalue weighted by Gasteiger charge is 2.17. The molecule has 0 amide bonds. The number of Topliss-reactive ketones (excluding diaryl/α,β-unsaturated/α-hetero) is 1. The van der Waals surface area contributed by atoms with E-state index < -0.39 is 0 Å². The highest BCUT2D eigenvalue weighted by molar-refractivity contribution is 7.22. The molecule has 0 radical (unpaired) electrons. The fourth-order valence-corrected chi connectivity index (χ4v) is 3.52. The van der Waals surface area contributed by atoms with Gasteiger partial charge in [0.25, 0.3) is 0 Å². The van der Waals surface area contributed by atoms with Crippen molar-refractivity contribution in [2.24, 2.45) is 0 Å². The lowest BCUT2D eigenvalue weighted by Crippen LogP contribution is -2.26. The highest BCUT2D eigenvalue weighted by Crippen LogP contribution is 2.30. The SMILES string of the molecule is Cc1ccc(C(=O)C(C)Nc2nc3c(C)c(C)ccc3s2)cc1. The maximum absolute atomic E-state index is 12.5. The third kappa shape index (κ3) is 3.13. The number of fused-ring (bicyclic) bond motifs is 1. The monoisotopic (exact) mass is 324 g/mol. The summed E-state index contributed by atoms with van der Waals surface area (Å²) in [6.45, 7) is 8.07. The van der Waals surface area contributed by atoms with E-state index in [-0.39, 0.29) is 11.8 Å². The van der Waals surface area contributed by atoms with Crippen molar-refractivity contribution in [1.82, 2.24) is 4.98 Å². The summed E-state index contributed by atoms with van der Waals surface area (Å²) in [6, 6.07) is 11.6. The van der Waals surface area contributed by atoms with Crippen molar-refractivity contribution in [2.45, 2.75) is 33.7 Å². The maximum Gasteiger partial charge on any atom is 0.184 e. The molecule has 0 aliphatic carbocycles. The Morgan fingerprint density at radius 1 is 1.09 bits per heavy atom. The number of thiazole rings is 1. The third-order valence-electron chi connectivity index (χ3n) is 4.15. The summed E-state index contributed by atoms with van der Waals surface area (Å²) < 4.78 is 1.14. The van der Waals surface area contributed by atoms with Gasteiger partial charge in [0.15, 0.2) is 10.9 Å². The second-order valence-electron chi connectivity index (χ2n) is 5.97. The van der Waals surface area contributed by atoms with Crippen LogP contribution in [0.25, 0.3) is 10.2 Å². The van der Waals surface area contributed by atoms with Crippen LogP contribution >= 0.6 is 11.3 Å². The van der Waals surface area contributed by atoms with E-state index >= 15 is 0 Å². The molecule has 0 bridgehead atoms. The summed E-state index contributed by atoms with van der Waals surface area (Å²) in [5.41, 5.74) is 5.33. The van der Waals surface area contributed by atoms with Crippen LogP contribution < -0.4 is 5.32 Å². The number of nitrogens with zero attached hydrogens (tertiary/aromatic N) is 1. The van der Waals surface area contributed by atoms with E-state index in [1.165, 1.54) is 11.1 Å². The maximum atomic E-state index is 12.5. The fourth-order valence-electron chi connectivity index (χ4n) is 2.51. The van der Waals surface area contributed by atoms with Crippen LogP contribution in [0.4, 0.5) is 5.13 Å². The van der Waals surface area contributed by atoms with Gasteiger partial charge in [-0.15, -0.1) is 0 Å². The molecule has 1 N–H and O–H groups in total. The van der Waals surface area contributed by atoms with Gasteiger partial charge in [0.2, 0.25) is 0 Å². The summed E-state index contributed by atoms with van der Waals surface area (Å²) in [6.07, 6.45) is 0. The van der Waals surface area contributed by atoms with Gasteiger partial charge in [-0.05, 0) is 44.9 Å². The first kappa shape index (κ1) is 15.7. The lowest BCUT2D eigenvalue weighted by atomic mass is 10.0. The molecule has 0 spiro atoms. The van der Waals surface area contributed by atoms with Crippen LogP contribution in [-0.4, -0.2) is 16.8 Å². The summed E-state index contributed by atoms with van der Waals surface area (Å²) >= 11 is 1.59. The Morgan fingerprint density at radius 2 is 1.78 bits per heavy atom. The van der Waals surface area contributed by atoms with Crippen molar-refractivity contribution in [2.75, 3.05) is 5.32 Å². The van der Waals surface area contributed by atoms with E-state index in [1.54, 1.807) is 11.3 Å². The molecular formula is C19H20N2OS. The number of benzene rings is 2. The van der Waals surface area contributed by atoms with Crippen molar-refractivity contribution in [3.05, 3.63) is 58.7 Å². The topological polar surface area (TPSA) is 42.0 Å². The van der Waals surface area contributed by atoms with Crippen LogP contribution in [0.5, 0.6) is 0 Å². The van der Waals surface area contributed by atoms with Gasteiger partial charge in [-0.1, -0.05) is 47.2 Å². The quantitative estimate of drug-likeness (QED) is 0.694. The number of carbonyl (C=O) groups excluding carboxylic acids is 1. The minimum Gasteiger partial charge on any atom is -0.352 e. The lowest BCUT2D eigenvalue weighted by Gasteiger charge is -2.11. The van der Waals surface area contributed by atoms with E-state index in [0.29, 0.717) is 0 Å². The van der Waals surface area contributed by atoms with Crippen LogP contribution in [0, 0.1) is 20.8 Å². The molecule has 118 valence electrons. The molecule has 1 heterocycles. The molecule has 23 heavy (non-hydrogen) atoms. The van der Waals surface area contributed by atoms with Crippen LogP contribution in [0.2, 0.25) is 0 Å². The van der Waals surface area contributed by atoms with Crippen molar-refractivity contribution in [3.63, 3.8) is 0 Å².